The van der Waals surface area contributed by atoms with Crippen molar-refractivity contribution < 1.29 is 24.2 Å². The lowest BCUT2D eigenvalue weighted by atomic mass is 9.70. The van der Waals surface area contributed by atoms with E-state index in [1.54, 1.807) is 25.3 Å². The zero-order valence-electron chi connectivity index (χ0n) is 16.8. The van der Waals surface area contributed by atoms with Crippen molar-refractivity contribution >= 4 is 11.9 Å². The van der Waals surface area contributed by atoms with Crippen LogP contribution in [0.1, 0.15) is 48.8 Å². The molecule has 1 saturated carbocycles. The van der Waals surface area contributed by atoms with Gasteiger partial charge in [0.05, 0.1) is 26.7 Å². The molecular formula is C23H27NO5. The Morgan fingerprint density at radius 1 is 1.10 bits per heavy atom. The van der Waals surface area contributed by atoms with Crippen LogP contribution in [-0.2, 0) is 9.59 Å². The zero-order valence-corrected chi connectivity index (χ0v) is 16.8. The van der Waals surface area contributed by atoms with Gasteiger partial charge in [0.25, 0.3) is 0 Å². The summed E-state index contributed by atoms with van der Waals surface area (Å²) in [6.07, 6.45) is 2.14. The van der Waals surface area contributed by atoms with Crippen molar-refractivity contribution in [3.63, 3.8) is 0 Å². The molecular weight excluding hydrogens is 370 g/mol. The molecule has 0 heterocycles. The number of rotatable bonds is 9. The van der Waals surface area contributed by atoms with Gasteiger partial charge in [0.1, 0.15) is 11.5 Å². The molecule has 3 rings (SSSR count). The third kappa shape index (κ3) is 5.28. The summed E-state index contributed by atoms with van der Waals surface area (Å²) < 4.78 is 10.6. The number of hydrogen-bond acceptors (Lipinski definition) is 4. The summed E-state index contributed by atoms with van der Waals surface area (Å²) in [4.78, 5) is 24.0. The van der Waals surface area contributed by atoms with E-state index in [9.17, 15) is 14.7 Å². The molecule has 1 fully saturated rings. The first-order valence-corrected chi connectivity index (χ1v) is 9.78. The lowest BCUT2D eigenvalue weighted by Gasteiger charge is -2.35. The molecule has 1 aliphatic rings. The Morgan fingerprint density at radius 2 is 1.83 bits per heavy atom. The number of hydrogen-bond donors (Lipinski definition) is 2. The Balaban J connectivity index is 1.62. The van der Waals surface area contributed by atoms with Crippen molar-refractivity contribution in [1.29, 1.82) is 0 Å². The van der Waals surface area contributed by atoms with Crippen molar-refractivity contribution in [3.05, 3.63) is 59.7 Å². The third-order valence-corrected chi connectivity index (χ3v) is 5.51. The van der Waals surface area contributed by atoms with Crippen LogP contribution in [0, 0.1) is 5.92 Å². The van der Waals surface area contributed by atoms with Crippen LogP contribution in [0.5, 0.6) is 11.5 Å². The molecule has 0 aliphatic heterocycles. The van der Waals surface area contributed by atoms with Gasteiger partial charge in [-0.05, 0) is 42.4 Å². The van der Waals surface area contributed by atoms with Gasteiger partial charge < -0.3 is 19.9 Å². The van der Waals surface area contributed by atoms with E-state index in [1.165, 1.54) is 12.7 Å². The highest BCUT2D eigenvalue weighted by Gasteiger charge is 2.32. The van der Waals surface area contributed by atoms with E-state index in [0.29, 0.717) is 35.3 Å². The summed E-state index contributed by atoms with van der Waals surface area (Å²) in [7, 11) is 3.06. The highest BCUT2D eigenvalue weighted by molar-refractivity contribution is 5.78. The predicted molar refractivity (Wildman–Crippen MR) is 109 cm³/mol. The Kier molecular flexibility index (Phi) is 6.75. The molecule has 0 bridgehead atoms. The smallest absolute Gasteiger partial charge is 0.305 e. The number of amides is 1. The van der Waals surface area contributed by atoms with Gasteiger partial charge in [-0.3, -0.25) is 9.59 Å². The summed E-state index contributed by atoms with van der Waals surface area (Å²) in [5.41, 5.74) is 1.94. The van der Waals surface area contributed by atoms with E-state index in [1.807, 2.05) is 18.2 Å². The maximum atomic E-state index is 12.6. The van der Waals surface area contributed by atoms with E-state index in [4.69, 9.17) is 9.47 Å². The van der Waals surface area contributed by atoms with Crippen LogP contribution in [0.2, 0.25) is 0 Å². The molecule has 29 heavy (non-hydrogen) atoms. The molecule has 0 saturated heterocycles. The first kappa shape index (κ1) is 20.7. The maximum absolute atomic E-state index is 12.6. The normalized spacial score (nSPS) is 19.0. The topological polar surface area (TPSA) is 84.9 Å². The van der Waals surface area contributed by atoms with Gasteiger partial charge in [-0.2, -0.15) is 0 Å². The molecule has 0 radical (unpaired) electrons. The second-order valence-corrected chi connectivity index (χ2v) is 7.48. The Labute approximate surface area is 170 Å². The van der Waals surface area contributed by atoms with Gasteiger partial charge in [0.15, 0.2) is 0 Å². The molecule has 2 N–H and O–H groups in total. The van der Waals surface area contributed by atoms with Crippen molar-refractivity contribution in [2.75, 3.05) is 14.2 Å². The number of ether oxygens (including phenoxy) is 2. The van der Waals surface area contributed by atoms with Gasteiger partial charge in [0.2, 0.25) is 5.91 Å². The number of methoxy groups -OCH3 is 2. The number of carboxylic acid groups (broad SMARTS) is 1. The van der Waals surface area contributed by atoms with Gasteiger partial charge in [-0.1, -0.05) is 30.3 Å². The highest BCUT2D eigenvalue weighted by atomic mass is 16.5. The third-order valence-electron chi connectivity index (χ3n) is 5.51. The molecule has 0 aromatic heterocycles. The Hall–Kier alpha value is -3.02. The standard InChI is InChI=1S/C23H27NO5/c1-28-18-8-9-19(21(13-18)29-2)20(14-23(26)27)24-22(25)12-15-10-17(11-15)16-6-4-3-5-7-16/h3-9,13,15,17,20H,10-12,14H2,1-2H3,(H,24,25)(H,26,27). The number of aliphatic carboxylic acids is 1. The van der Waals surface area contributed by atoms with E-state index < -0.39 is 12.0 Å². The molecule has 6 heteroatoms. The second kappa shape index (κ2) is 9.45. The molecule has 1 aliphatic carbocycles. The number of carbonyl (C=O) groups excluding carboxylic acids is 1. The minimum absolute atomic E-state index is 0.134. The zero-order chi connectivity index (χ0) is 20.8. The summed E-state index contributed by atoms with van der Waals surface area (Å²) in [6, 6.07) is 14.8. The van der Waals surface area contributed by atoms with E-state index >= 15 is 0 Å². The maximum Gasteiger partial charge on any atom is 0.305 e. The fourth-order valence-corrected chi connectivity index (χ4v) is 3.93. The van der Waals surface area contributed by atoms with Crippen molar-refractivity contribution in [1.82, 2.24) is 5.32 Å². The van der Waals surface area contributed by atoms with Gasteiger partial charge in [-0.15, -0.1) is 0 Å². The van der Waals surface area contributed by atoms with E-state index in [-0.39, 0.29) is 12.3 Å². The van der Waals surface area contributed by atoms with Crippen LogP contribution in [0.25, 0.3) is 0 Å². The number of benzene rings is 2. The fraction of sp³-hybridized carbons (Fsp3) is 0.391. The summed E-state index contributed by atoms with van der Waals surface area (Å²) in [5, 5.41) is 12.2. The minimum atomic E-state index is -0.985. The Bertz CT molecular complexity index is 846. The summed E-state index contributed by atoms with van der Waals surface area (Å²) in [6.45, 7) is 0. The molecule has 154 valence electrons. The number of carboxylic acids is 1. The number of carbonyl (C=O) groups is 2. The van der Waals surface area contributed by atoms with Crippen LogP contribution in [0.4, 0.5) is 0 Å². The lowest BCUT2D eigenvalue weighted by molar-refractivity contribution is -0.137. The van der Waals surface area contributed by atoms with Crippen LogP contribution in [-0.4, -0.2) is 31.2 Å². The summed E-state index contributed by atoms with van der Waals surface area (Å²) >= 11 is 0. The van der Waals surface area contributed by atoms with E-state index in [2.05, 4.69) is 17.4 Å². The fourth-order valence-electron chi connectivity index (χ4n) is 3.93. The summed E-state index contributed by atoms with van der Waals surface area (Å²) in [5.74, 6) is 0.802. The molecule has 1 atom stereocenters. The quantitative estimate of drug-likeness (QED) is 0.670. The first-order valence-electron chi connectivity index (χ1n) is 9.78. The monoisotopic (exact) mass is 397 g/mol. The molecule has 2 aromatic carbocycles. The highest BCUT2D eigenvalue weighted by Crippen LogP contribution is 2.43. The average Bonchev–Trinajstić information content (AvgIpc) is 2.69. The van der Waals surface area contributed by atoms with Gasteiger partial charge in [-0.25, -0.2) is 0 Å². The average molecular weight is 397 g/mol. The molecule has 1 amide bonds. The van der Waals surface area contributed by atoms with Crippen molar-refractivity contribution in [2.45, 2.75) is 37.6 Å². The molecule has 6 nitrogen and oxygen atoms in total. The first-order chi connectivity index (χ1) is 14.0. The predicted octanol–water partition coefficient (Wildman–Crippen LogP) is 3.92. The molecule has 2 aromatic rings. The molecule has 0 spiro atoms. The minimum Gasteiger partial charge on any atom is -0.497 e. The largest absolute Gasteiger partial charge is 0.497 e. The van der Waals surface area contributed by atoms with Gasteiger partial charge >= 0.3 is 5.97 Å². The van der Waals surface area contributed by atoms with Crippen molar-refractivity contribution in [3.8, 4) is 11.5 Å². The van der Waals surface area contributed by atoms with Crippen molar-refractivity contribution in [2.24, 2.45) is 5.92 Å². The van der Waals surface area contributed by atoms with E-state index in [0.717, 1.165) is 12.8 Å². The molecule has 1 unspecified atom stereocenters. The van der Waals surface area contributed by atoms with Gasteiger partial charge in [0, 0.05) is 18.1 Å². The number of nitrogens with one attached hydrogen (secondary N) is 1. The van der Waals surface area contributed by atoms with Crippen LogP contribution in [0.15, 0.2) is 48.5 Å². The second-order valence-electron chi connectivity index (χ2n) is 7.48. The van der Waals surface area contributed by atoms with Crippen LogP contribution in [0.3, 0.4) is 0 Å². The van der Waals surface area contributed by atoms with Crippen LogP contribution < -0.4 is 14.8 Å². The van der Waals surface area contributed by atoms with Crippen LogP contribution >= 0.6 is 0 Å². The Morgan fingerprint density at radius 3 is 2.45 bits per heavy atom. The SMILES string of the molecule is COc1ccc(C(CC(=O)O)NC(=O)CC2CC(c3ccccc3)C2)c(OC)c1. The lowest BCUT2D eigenvalue weighted by Crippen LogP contribution is -2.34.